The van der Waals surface area contributed by atoms with E-state index < -0.39 is 7.14 Å². The minimum Gasteiger partial charge on any atom is -0.319 e. The van der Waals surface area contributed by atoms with Crippen LogP contribution in [0.1, 0.15) is 46.5 Å². The lowest BCUT2D eigenvalue weighted by Crippen LogP contribution is -2.32. The van der Waals surface area contributed by atoms with Gasteiger partial charge in [-0.15, -0.1) is 0 Å². The molecule has 0 bridgehead atoms. The lowest BCUT2D eigenvalue weighted by Gasteiger charge is -2.41. The highest BCUT2D eigenvalue weighted by Gasteiger charge is 2.41. The summed E-state index contributed by atoms with van der Waals surface area (Å²) < 4.78 is 13.3. The maximum Gasteiger partial charge on any atom is 0.112 e. The monoisotopic (exact) mass is 266 g/mol. The van der Waals surface area contributed by atoms with E-state index >= 15 is 0 Å². The number of allylic oxidation sites excluding steroid dienone is 4. The summed E-state index contributed by atoms with van der Waals surface area (Å²) in [5, 5.41) is 1.22. The van der Waals surface area contributed by atoms with Gasteiger partial charge >= 0.3 is 0 Å². The smallest absolute Gasteiger partial charge is 0.112 e. The SMILES string of the molecule is CC(C)[C@@H]1CC[C@@H](C)C[C@H]1P(C)(=O)C1=CC=CC1. The van der Waals surface area contributed by atoms with Crippen LogP contribution < -0.4 is 0 Å². The summed E-state index contributed by atoms with van der Waals surface area (Å²) in [5.41, 5.74) is 0.424. The molecular formula is C16H27OP. The van der Waals surface area contributed by atoms with E-state index in [4.69, 9.17) is 0 Å². The van der Waals surface area contributed by atoms with Crippen LogP contribution >= 0.6 is 7.14 Å². The van der Waals surface area contributed by atoms with Crippen LogP contribution in [0.25, 0.3) is 0 Å². The molecule has 0 amide bonds. The first-order valence-electron chi connectivity index (χ1n) is 7.36. The molecule has 0 aromatic heterocycles. The van der Waals surface area contributed by atoms with Gasteiger partial charge in [-0.1, -0.05) is 45.4 Å². The molecule has 18 heavy (non-hydrogen) atoms. The fourth-order valence-corrected chi connectivity index (χ4v) is 6.96. The average Bonchev–Trinajstić information content (AvgIpc) is 2.82. The van der Waals surface area contributed by atoms with Crippen LogP contribution in [0.3, 0.4) is 0 Å². The van der Waals surface area contributed by atoms with Crippen molar-refractivity contribution in [1.29, 1.82) is 0 Å². The third-order valence-corrected chi connectivity index (χ3v) is 8.27. The second-order valence-corrected chi connectivity index (χ2v) is 9.89. The van der Waals surface area contributed by atoms with Crippen molar-refractivity contribution in [3.8, 4) is 0 Å². The van der Waals surface area contributed by atoms with Gasteiger partial charge in [0.2, 0.25) is 0 Å². The Balaban J connectivity index is 2.24. The van der Waals surface area contributed by atoms with Gasteiger partial charge in [0.15, 0.2) is 0 Å². The second-order valence-electron chi connectivity index (χ2n) is 6.67. The molecule has 1 nitrogen and oxygen atoms in total. The van der Waals surface area contributed by atoms with Crippen molar-refractivity contribution in [3.63, 3.8) is 0 Å². The summed E-state index contributed by atoms with van der Waals surface area (Å²) in [7, 11) is -2.16. The van der Waals surface area contributed by atoms with E-state index in [1.165, 1.54) is 18.2 Å². The Morgan fingerprint density at radius 2 is 2.06 bits per heavy atom. The summed E-state index contributed by atoms with van der Waals surface area (Å²) in [6.07, 6.45) is 11.0. The first-order valence-corrected chi connectivity index (χ1v) is 9.58. The van der Waals surface area contributed by atoms with Crippen molar-refractivity contribution in [2.75, 3.05) is 6.66 Å². The zero-order valence-corrected chi connectivity index (χ0v) is 13.1. The van der Waals surface area contributed by atoms with E-state index in [1.54, 1.807) is 0 Å². The Bertz CT molecular complexity index is 405. The Hall–Kier alpha value is -0.290. The van der Waals surface area contributed by atoms with Crippen LogP contribution in [0.5, 0.6) is 0 Å². The maximum atomic E-state index is 13.3. The van der Waals surface area contributed by atoms with Crippen LogP contribution in [0, 0.1) is 17.8 Å². The van der Waals surface area contributed by atoms with Crippen molar-refractivity contribution in [2.24, 2.45) is 17.8 Å². The highest BCUT2D eigenvalue weighted by molar-refractivity contribution is 7.68. The maximum absolute atomic E-state index is 13.3. The van der Waals surface area contributed by atoms with Gasteiger partial charge in [0.1, 0.15) is 7.14 Å². The molecule has 0 aromatic carbocycles. The third kappa shape index (κ3) is 2.67. The van der Waals surface area contributed by atoms with Crippen molar-refractivity contribution in [3.05, 3.63) is 23.5 Å². The highest BCUT2D eigenvalue weighted by atomic mass is 31.2. The predicted octanol–water partition coefficient (Wildman–Crippen LogP) is 5.28. The number of hydrogen-bond donors (Lipinski definition) is 0. The van der Waals surface area contributed by atoms with Crippen LogP contribution in [0.2, 0.25) is 0 Å². The van der Waals surface area contributed by atoms with Crippen molar-refractivity contribution in [2.45, 2.75) is 52.1 Å². The van der Waals surface area contributed by atoms with E-state index in [1.807, 2.05) is 6.66 Å². The molecule has 0 saturated heterocycles. The molecule has 0 aromatic rings. The summed E-state index contributed by atoms with van der Waals surface area (Å²) in [6.45, 7) is 8.97. The molecule has 4 atom stereocenters. The Morgan fingerprint density at radius 3 is 2.61 bits per heavy atom. The second kappa shape index (κ2) is 5.37. The van der Waals surface area contributed by atoms with Gasteiger partial charge in [0, 0.05) is 5.66 Å². The largest absolute Gasteiger partial charge is 0.319 e. The molecule has 0 aliphatic heterocycles. The highest BCUT2D eigenvalue weighted by Crippen LogP contribution is 2.63. The van der Waals surface area contributed by atoms with E-state index in [2.05, 4.69) is 39.0 Å². The molecular weight excluding hydrogens is 239 g/mol. The molecule has 2 heteroatoms. The first kappa shape index (κ1) is 14.1. The number of rotatable bonds is 3. The molecule has 0 spiro atoms. The van der Waals surface area contributed by atoms with Gasteiger partial charge in [-0.3, -0.25) is 0 Å². The van der Waals surface area contributed by atoms with Crippen molar-refractivity contribution < 1.29 is 4.57 Å². The standard InChI is InChI=1S/C16H27OP/c1-12(2)15-10-9-13(3)11-16(15)18(4,17)14-7-5-6-8-14/h5-7,12-13,15-16H,8-11H2,1-4H3/t13-,15+,16-,18?/m1/s1. The van der Waals surface area contributed by atoms with E-state index in [-0.39, 0.29) is 0 Å². The normalized spacial score (nSPS) is 35.6. The topological polar surface area (TPSA) is 17.1 Å². The van der Waals surface area contributed by atoms with Gasteiger partial charge in [0.25, 0.3) is 0 Å². The van der Waals surface area contributed by atoms with Gasteiger partial charge in [-0.2, -0.15) is 0 Å². The molecule has 2 aliphatic rings. The third-order valence-electron chi connectivity index (χ3n) is 4.94. The van der Waals surface area contributed by atoms with Crippen LogP contribution in [0.15, 0.2) is 23.5 Å². The first-order chi connectivity index (χ1) is 8.43. The van der Waals surface area contributed by atoms with Gasteiger partial charge < -0.3 is 4.57 Å². The molecule has 1 fully saturated rings. The van der Waals surface area contributed by atoms with Crippen LogP contribution in [-0.2, 0) is 4.57 Å². The Morgan fingerprint density at radius 1 is 1.33 bits per heavy atom. The minimum absolute atomic E-state index is 0.424. The average molecular weight is 266 g/mol. The zero-order valence-electron chi connectivity index (χ0n) is 12.2. The summed E-state index contributed by atoms with van der Waals surface area (Å²) >= 11 is 0. The van der Waals surface area contributed by atoms with Gasteiger partial charge in [-0.25, -0.2) is 0 Å². The molecule has 2 aliphatic carbocycles. The van der Waals surface area contributed by atoms with Crippen LogP contribution in [0.4, 0.5) is 0 Å². The van der Waals surface area contributed by atoms with E-state index in [9.17, 15) is 4.57 Å². The predicted molar refractivity (Wildman–Crippen MR) is 80.5 cm³/mol. The van der Waals surface area contributed by atoms with E-state index in [0.717, 1.165) is 18.8 Å². The Kier molecular flexibility index (Phi) is 4.22. The summed E-state index contributed by atoms with van der Waals surface area (Å²) in [5.74, 6) is 2.05. The summed E-state index contributed by atoms with van der Waals surface area (Å²) in [6, 6.07) is 0. The van der Waals surface area contributed by atoms with Gasteiger partial charge in [0.05, 0.1) is 0 Å². The molecule has 102 valence electrons. The van der Waals surface area contributed by atoms with Crippen molar-refractivity contribution in [1.82, 2.24) is 0 Å². The fourth-order valence-electron chi connectivity index (χ4n) is 3.70. The van der Waals surface area contributed by atoms with Gasteiger partial charge in [-0.05, 0) is 49.0 Å². The molecule has 0 radical (unpaired) electrons. The Labute approximate surface area is 112 Å². The quantitative estimate of drug-likeness (QED) is 0.635. The van der Waals surface area contributed by atoms with Crippen molar-refractivity contribution >= 4 is 7.14 Å². The molecule has 1 unspecified atom stereocenters. The molecule has 2 rings (SSSR count). The fraction of sp³-hybridized carbons (Fsp3) is 0.750. The van der Waals surface area contributed by atoms with Crippen LogP contribution in [-0.4, -0.2) is 12.3 Å². The molecule has 1 saturated carbocycles. The lowest BCUT2D eigenvalue weighted by molar-refractivity contribution is 0.237. The molecule has 0 N–H and O–H groups in total. The zero-order chi connectivity index (χ0) is 13.3. The minimum atomic E-state index is -2.16. The van der Waals surface area contributed by atoms with E-state index in [0.29, 0.717) is 17.5 Å². The lowest BCUT2D eigenvalue weighted by atomic mass is 9.77. The summed E-state index contributed by atoms with van der Waals surface area (Å²) in [4.78, 5) is 0. The number of hydrogen-bond acceptors (Lipinski definition) is 1. The molecule has 0 heterocycles.